The molecule has 2 N–H and O–H groups in total. The van der Waals surface area contributed by atoms with Gasteiger partial charge in [0.2, 0.25) is 5.91 Å². The van der Waals surface area contributed by atoms with Crippen molar-refractivity contribution in [1.82, 2.24) is 0 Å². The monoisotopic (exact) mass is 278 g/mol. The number of hydrogen-bond acceptors (Lipinski definition) is 3. The fourth-order valence-corrected chi connectivity index (χ4v) is 2.49. The zero-order valence-corrected chi connectivity index (χ0v) is 12.3. The zero-order valence-electron chi connectivity index (χ0n) is 11.4. The molecule has 4 heteroatoms. The third-order valence-electron chi connectivity index (χ3n) is 3.08. The molecule has 0 radical (unpaired) electrons. The van der Waals surface area contributed by atoms with Crippen LogP contribution in [0.25, 0.3) is 0 Å². The molecule has 0 atom stereocenters. The van der Waals surface area contributed by atoms with Gasteiger partial charge in [0.1, 0.15) is 0 Å². The summed E-state index contributed by atoms with van der Waals surface area (Å²) in [6.45, 7) is 3.16. The van der Waals surface area contributed by atoms with Crippen molar-refractivity contribution in [2.75, 3.05) is 28.7 Å². The lowest BCUT2D eigenvalue weighted by molar-refractivity contribution is -0.117. The standard InChI is InChI=1S/C15H22N2OS/c1-2-19-10-4-9-16-13-5-3-6-14(11-13)17-15(18)12-7-8-12/h3,5-6,11-12,16H,2,4,7-10H2,1H3,(H,17,18). The Kier molecular flexibility index (Phi) is 5.58. The van der Waals surface area contributed by atoms with Crippen LogP contribution >= 0.6 is 11.8 Å². The number of benzene rings is 1. The van der Waals surface area contributed by atoms with Crippen LogP contribution in [0.5, 0.6) is 0 Å². The van der Waals surface area contributed by atoms with Crippen LogP contribution in [0.4, 0.5) is 11.4 Å². The summed E-state index contributed by atoms with van der Waals surface area (Å²) in [4.78, 5) is 11.7. The van der Waals surface area contributed by atoms with Crippen molar-refractivity contribution in [3.63, 3.8) is 0 Å². The number of anilines is 2. The fourth-order valence-electron chi connectivity index (χ4n) is 1.85. The van der Waals surface area contributed by atoms with Gasteiger partial charge in [-0.15, -0.1) is 0 Å². The molecule has 1 aromatic carbocycles. The van der Waals surface area contributed by atoms with E-state index >= 15 is 0 Å². The van der Waals surface area contributed by atoms with Gasteiger partial charge in [0.05, 0.1) is 0 Å². The molecule has 0 aliphatic heterocycles. The second-order valence-electron chi connectivity index (χ2n) is 4.82. The van der Waals surface area contributed by atoms with Gasteiger partial charge in [-0.05, 0) is 49.0 Å². The molecule has 0 spiro atoms. The molecule has 1 aliphatic carbocycles. The van der Waals surface area contributed by atoms with Crippen LogP contribution < -0.4 is 10.6 Å². The molecule has 0 aromatic heterocycles. The Labute approximate surface area is 119 Å². The van der Waals surface area contributed by atoms with E-state index in [1.807, 2.05) is 36.0 Å². The number of thioether (sulfide) groups is 1. The van der Waals surface area contributed by atoms with Gasteiger partial charge in [0.25, 0.3) is 0 Å². The second kappa shape index (κ2) is 7.43. The Hall–Kier alpha value is -1.16. The first-order valence-corrected chi connectivity index (χ1v) is 8.17. The minimum atomic E-state index is 0.163. The van der Waals surface area contributed by atoms with E-state index in [0.29, 0.717) is 0 Å². The normalized spacial score (nSPS) is 14.2. The maximum Gasteiger partial charge on any atom is 0.227 e. The molecule has 0 bridgehead atoms. The summed E-state index contributed by atoms with van der Waals surface area (Å²) in [6, 6.07) is 7.97. The molecule has 1 aromatic rings. The number of rotatable bonds is 8. The summed E-state index contributed by atoms with van der Waals surface area (Å²) in [5.41, 5.74) is 1.97. The Bertz CT molecular complexity index is 418. The number of amides is 1. The maximum absolute atomic E-state index is 11.7. The van der Waals surface area contributed by atoms with Gasteiger partial charge in [-0.25, -0.2) is 0 Å². The second-order valence-corrected chi connectivity index (χ2v) is 6.22. The molecule has 0 saturated heterocycles. The van der Waals surface area contributed by atoms with Crippen LogP contribution in [-0.2, 0) is 4.79 Å². The van der Waals surface area contributed by atoms with Crippen molar-refractivity contribution in [3.8, 4) is 0 Å². The molecule has 3 nitrogen and oxygen atoms in total. The number of carbonyl (C=O) groups excluding carboxylic acids is 1. The average Bonchev–Trinajstić information content (AvgIpc) is 3.23. The lowest BCUT2D eigenvalue weighted by atomic mass is 10.2. The van der Waals surface area contributed by atoms with Crippen LogP contribution in [0.2, 0.25) is 0 Å². The minimum Gasteiger partial charge on any atom is -0.385 e. The molecule has 0 heterocycles. The third kappa shape index (κ3) is 5.15. The van der Waals surface area contributed by atoms with E-state index in [1.165, 1.54) is 11.5 Å². The van der Waals surface area contributed by atoms with E-state index < -0.39 is 0 Å². The molecule has 2 rings (SSSR count). The lowest BCUT2D eigenvalue weighted by Crippen LogP contribution is -2.13. The highest BCUT2D eigenvalue weighted by Crippen LogP contribution is 2.30. The van der Waals surface area contributed by atoms with Crippen molar-refractivity contribution in [1.29, 1.82) is 0 Å². The Morgan fingerprint density at radius 1 is 1.37 bits per heavy atom. The molecule has 1 amide bonds. The zero-order chi connectivity index (χ0) is 13.5. The highest BCUT2D eigenvalue weighted by atomic mass is 32.2. The Balaban J connectivity index is 1.76. The Morgan fingerprint density at radius 2 is 2.16 bits per heavy atom. The van der Waals surface area contributed by atoms with E-state index in [2.05, 4.69) is 17.6 Å². The van der Waals surface area contributed by atoms with Crippen LogP contribution in [-0.4, -0.2) is 24.0 Å². The van der Waals surface area contributed by atoms with Gasteiger partial charge in [-0.3, -0.25) is 4.79 Å². The summed E-state index contributed by atoms with van der Waals surface area (Å²) in [5.74, 6) is 2.80. The number of nitrogens with one attached hydrogen (secondary N) is 2. The van der Waals surface area contributed by atoms with Crippen molar-refractivity contribution < 1.29 is 4.79 Å². The van der Waals surface area contributed by atoms with Crippen molar-refractivity contribution in [3.05, 3.63) is 24.3 Å². The molecule has 1 aliphatic rings. The average molecular weight is 278 g/mol. The lowest BCUT2D eigenvalue weighted by Gasteiger charge is -2.09. The van der Waals surface area contributed by atoms with Crippen molar-refractivity contribution >= 4 is 29.0 Å². The molecule has 1 saturated carbocycles. The summed E-state index contributed by atoms with van der Waals surface area (Å²) < 4.78 is 0. The van der Waals surface area contributed by atoms with Gasteiger partial charge in [-0.1, -0.05) is 13.0 Å². The van der Waals surface area contributed by atoms with E-state index in [4.69, 9.17) is 0 Å². The van der Waals surface area contributed by atoms with Gasteiger partial charge in [0.15, 0.2) is 0 Å². The number of carbonyl (C=O) groups is 1. The molecule has 104 valence electrons. The largest absolute Gasteiger partial charge is 0.385 e. The first kappa shape index (κ1) is 14.3. The van der Waals surface area contributed by atoms with Gasteiger partial charge in [-0.2, -0.15) is 11.8 Å². The molecule has 19 heavy (non-hydrogen) atoms. The van der Waals surface area contributed by atoms with E-state index in [9.17, 15) is 4.79 Å². The predicted molar refractivity (Wildman–Crippen MR) is 83.9 cm³/mol. The highest BCUT2D eigenvalue weighted by molar-refractivity contribution is 7.99. The summed E-state index contributed by atoms with van der Waals surface area (Å²) in [7, 11) is 0. The molecular weight excluding hydrogens is 256 g/mol. The first-order chi connectivity index (χ1) is 9.29. The highest BCUT2D eigenvalue weighted by Gasteiger charge is 2.29. The van der Waals surface area contributed by atoms with Gasteiger partial charge in [0, 0.05) is 23.8 Å². The van der Waals surface area contributed by atoms with Crippen LogP contribution in [0.15, 0.2) is 24.3 Å². The Morgan fingerprint density at radius 3 is 2.89 bits per heavy atom. The van der Waals surface area contributed by atoms with Crippen LogP contribution in [0, 0.1) is 5.92 Å². The third-order valence-corrected chi connectivity index (χ3v) is 4.06. The summed E-state index contributed by atoms with van der Waals surface area (Å²) in [6.07, 6.45) is 3.24. The maximum atomic E-state index is 11.7. The van der Waals surface area contributed by atoms with E-state index in [0.717, 1.165) is 37.2 Å². The SMILES string of the molecule is CCSCCCNc1cccc(NC(=O)C2CC2)c1. The van der Waals surface area contributed by atoms with Crippen molar-refractivity contribution in [2.24, 2.45) is 5.92 Å². The summed E-state index contributed by atoms with van der Waals surface area (Å²) >= 11 is 1.97. The molecule has 1 fully saturated rings. The number of hydrogen-bond donors (Lipinski definition) is 2. The predicted octanol–water partition coefficient (Wildman–Crippen LogP) is 3.59. The minimum absolute atomic E-state index is 0.163. The summed E-state index contributed by atoms with van der Waals surface area (Å²) in [5, 5.41) is 6.37. The van der Waals surface area contributed by atoms with Crippen LogP contribution in [0.3, 0.4) is 0 Å². The van der Waals surface area contributed by atoms with E-state index in [1.54, 1.807) is 0 Å². The van der Waals surface area contributed by atoms with Gasteiger partial charge < -0.3 is 10.6 Å². The molecular formula is C15H22N2OS. The first-order valence-electron chi connectivity index (χ1n) is 7.02. The fraction of sp³-hybridized carbons (Fsp3) is 0.533. The van der Waals surface area contributed by atoms with Crippen molar-refractivity contribution in [2.45, 2.75) is 26.2 Å². The molecule has 0 unspecified atom stereocenters. The van der Waals surface area contributed by atoms with Crippen LogP contribution in [0.1, 0.15) is 26.2 Å². The van der Waals surface area contributed by atoms with Gasteiger partial charge >= 0.3 is 0 Å². The van der Waals surface area contributed by atoms with E-state index in [-0.39, 0.29) is 11.8 Å². The quantitative estimate of drug-likeness (QED) is 0.714. The topological polar surface area (TPSA) is 41.1 Å². The smallest absolute Gasteiger partial charge is 0.227 e.